The second-order valence-electron chi connectivity index (χ2n) is 6.10. The fourth-order valence-corrected chi connectivity index (χ4v) is 3.94. The predicted molar refractivity (Wildman–Crippen MR) is 99.0 cm³/mol. The van der Waals surface area contributed by atoms with E-state index >= 15 is 0 Å². The second kappa shape index (κ2) is 8.14. The quantitative estimate of drug-likeness (QED) is 0.818. The minimum Gasteiger partial charge on any atom is -0.452 e. The molecule has 2 amide bonds. The molecule has 6 nitrogen and oxygen atoms in total. The van der Waals surface area contributed by atoms with E-state index in [2.05, 4.69) is 5.32 Å². The lowest BCUT2D eigenvalue weighted by molar-refractivity contribution is -0.135. The first kappa shape index (κ1) is 18.1. The summed E-state index contributed by atoms with van der Waals surface area (Å²) in [6.07, 6.45) is 1.87. The number of benzene rings is 1. The van der Waals surface area contributed by atoms with Crippen LogP contribution in [0.4, 0.5) is 5.69 Å². The highest BCUT2D eigenvalue weighted by atomic mass is 32.1. The van der Waals surface area contributed by atoms with Crippen LogP contribution in [0.15, 0.2) is 41.8 Å². The third-order valence-corrected chi connectivity index (χ3v) is 5.16. The summed E-state index contributed by atoms with van der Waals surface area (Å²) in [5.74, 6) is -0.996. The smallest absolute Gasteiger partial charge is 0.338 e. The van der Waals surface area contributed by atoms with Crippen molar-refractivity contribution < 1.29 is 19.1 Å². The Morgan fingerprint density at radius 1 is 1.27 bits per heavy atom. The van der Waals surface area contributed by atoms with Crippen molar-refractivity contribution in [3.05, 3.63) is 52.2 Å². The van der Waals surface area contributed by atoms with Gasteiger partial charge in [-0.1, -0.05) is 12.1 Å². The number of hydrogen-bond acceptors (Lipinski definition) is 5. The molecule has 1 aliphatic rings. The molecule has 3 rings (SSSR count). The molecular weight excluding hydrogens is 352 g/mol. The number of thiophene rings is 1. The number of hydrogen-bond donors (Lipinski definition) is 1. The van der Waals surface area contributed by atoms with Crippen LogP contribution in [0, 0.1) is 0 Å². The van der Waals surface area contributed by atoms with Gasteiger partial charge in [0.2, 0.25) is 5.91 Å². The van der Waals surface area contributed by atoms with Gasteiger partial charge in [0.05, 0.1) is 11.6 Å². The molecule has 26 heavy (non-hydrogen) atoms. The molecule has 0 saturated carbocycles. The highest BCUT2D eigenvalue weighted by Crippen LogP contribution is 2.34. The number of carbonyl (C=O) groups excluding carboxylic acids is 3. The molecule has 1 saturated heterocycles. The number of nitrogens with one attached hydrogen (secondary N) is 1. The molecule has 1 atom stereocenters. The van der Waals surface area contributed by atoms with E-state index < -0.39 is 5.97 Å². The van der Waals surface area contributed by atoms with E-state index in [1.807, 2.05) is 17.5 Å². The lowest BCUT2D eigenvalue weighted by Gasteiger charge is -2.23. The van der Waals surface area contributed by atoms with E-state index in [9.17, 15) is 14.4 Å². The van der Waals surface area contributed by atoms with Gasteiger partial charge < -0.3 is 15.0 Å². The Labute approximate surface area is 155 Å². The van der Waals surface area contributed by atoms with E-state index in [0.29, 0.717) is 17.8 Å². The highest BCUT2D eigenvalue weighted by molar-refractivity contribution is 7.10. The van der Waals surface area contributed by atoms with Crippen molar-refractivity contribution in [1.29, 1.82) is 0 Å². The summed E-state index contributed by atoms with van der Waals surface area (Å²) >= 11 is 1.63. The molecule has 0 radical (unpaired) electrons. The average Bonchev–Trinajstić information content (AvgIpc) is 3.29. The first-order valence-electron chi connectivity index (χ1n) is 8.42. The molecule has 0 aliphatic carbocycles. The molecule has 1 fully saturated rings. The Hall–Kier alpha value is -2.67. The standard InChI is InChI=1S/C19H20N2O4S/c1-13(22)20-15-6-2-5-14(11-15)19(24)25-12-18(23)21-9-3-7-16(21)17-8-4-10-26-17/h2,4-6,8,10-11,16H,3,7,9,12H2,1H3,(H,20,22). The van der Waals surface area contributed by atoms with Crippen LogP contribution >= 0.6 is 11.3 Å². The number of likely N-dealkylation sites (tertiary alicyclic amines) is 1. The maximum absolute atomic E-state index is 12.5. The molecule has 1 aromatic carbocycles. The van der Waals surface area contributed by atoms with Crippen LogP contribution in [0.1, 0.15) is 41.0 Å². The first-order valence-corrected chi connectivity index (χ1v) is 9.30. The van der Waals surface area contributed by atoms with Crippen LogP contribution in [-0.2, 0) is 14.3 Å². The molecule has 0 bridgehead atoms. The van der Waals surface area contributed by atoms with Gasteiger partial charge in [-0.2, -0.15) is 0 Å². The van der Waals surface area contributed by atoms with Crippen LogP contribution in [0.5, 0.6) is 0 Å². The van der Waals surface area contributed by atoms with Crippen molar-refractivity contribution in [2.75, 3.05) is 18.5 Å². The fourth-order valence-electron chi connectivity index (χ4n) is 3.06. The summed E-state index contributed by atoms with van der Waals surface area (Å²) in [5, 5.41) is 4.61. The van der Waals surface area contributed by atoms with Gasteiger partial charge in [-0.3, -0.25) is 9.59 Å². The molecule has 1 aromatic heterocycles. The molecule has 1 N–H and O–H groups in total. The topological polar surface area (TPSA) is 75.7 Å². The normalized spacial score (nSPS) is 16.3. The minimum absolute atomic E-state index is 0.0734. The zero-order valence-corrected chi connectivity index (χ0v) is 15.3. The minimum atomic E-state index is -0.586. The van der Waals surface area contributed by atoms with Crippen LogP contribution in [0.3, 0.4) is 0 Å². The first-order chi connectivity index (χ1) is 12.5. The number of amides is 2. The van der Waals surface area contributed by atoms with E-state index in [0.717, 1.165) is 17.7 Å². The third kappa shape index (κ3) is 4.29. The van der Waals surface area contributed by atoms with Crippen molar-refractivity contribution in [3.63, 3.8) is 0 Å². The SMILES string of the molecule is CC(=O)Nc1cccc(C(=O)OCC(=O)N2CCCC2c2cccs2)c1. The lowest BCUT2D eigenvalue weighted by Crippen LogP contribution is -2.34. The molecule has 0 spiro atoms. The van der Waals surface area contributed by atoms with Crippen molar-refractivity contribution in [3.8, 4) is 0 Å². The summed E-state index contributed by atoms with van der Waals surface area (Å²) in [6.45, 7) is 1.78. The zero-order chi connectivity index (χ0) is 18.5. The average molecular weight is 372 g/mol. The second-order valence-corrected chi connectivity index (χ2v) is 7.08. The molecule has 136 valence electrons. The Bertz CT molecular complexity index is 804. The molecular formula is C19H20N2O4S. The van der Waals surface area contributed by atoms with Crippen LogP contribution in [0.2, 0.25) is 0 Å². The van der Waals surface area contributed by atoms with Crippen LogP contribution in [-0.4, -0.2) is 35.8 Å². The maximum atomic E-state index is 12.5. The van der Waals surface area contributed by atoms with Crippen molar-refractivity contribution in [1.82, 2.24) is 4.90 Å². The summed E-state index contributed by atoms with van der Waals surface area (Å²) in [6, 6.07) is 10.5. The number of nitrogens with zero attached hydrogens (tertiary/aromatic N) is 1. The van der Waals surface area contributed by atoms with Gasteiger partial charge in [0.15, 0.2) is 6.61 Å². The van der Waals surface area contributed by atoms with E-state index in [4.69, 9.17) is 4.74 Å². The largest absolute Gasteiger partial charge is 0.452 e. The molecule has 2 heterocycles. The van der Waals surface area contributed by atoms with Gasteiger partial charge in [-0.15, -0.1) is 11.3 Å². The van der Waals surface area contributed by atoms with E-state index in [1.54, 1.807) is 34.4 Å². The third-order valence-electron chi connectivity index (χ3n) is 4.19. The van der Waals surface area contributed by atoms with Crippen LogP contribution in [0.25, 0.3) is 0 Å². The number of carbonyl (C=O) groups is 3. The van der Waals surface area contributed by atoms with Crippen molar-refractivity contribution in [2.24, 2.45) is 0 Å². The number of anilines is 1. The summed E-state index contributed by atoms with van der Waals surface area (Å²) in [4.78, 5) is 38.8. The Morgan fingerprint density at radius 2 is 2.12 bits per heavy atom. The summed E-state index contributed by atoms with van der Waals surface area (Å²) in [5.41, 5.74) is 0.802. The molecule has 1 aliphatic heterocycles. The predicted octanol–water partition coefficient (Wildman–Crippen LogP) is 3.23. The Morgan fingerprint density at radius 3 is 2.85 bits per heavy atom. The van der Waals surface area contributed by atoms with Crippen molar-refractivity contribution in [2.45, 2.75) is 25.8 Å². The van der Waals surface area contributed by atoms with Crippen molar-refractivity contribution >= 4 is 34.8 Å². The highest BCUT2D eigenvalue weighted by Gasteiger charge is 2.31. The molecule has 7 heteroatoms. The zero-order valence-electron chi connectivity index (χ0n) is 14.4. The summed E-state index contributed by atoms with van der Waals surface area (Å²) in [7, 11) is 0. The van der Waals surface area contributed by atoms with E-state index in [-0.39, 0.29) is 24.5 Å². The molecule has 1 unspecified atom stereocenters. The number of rotatable bonds is 5. The number of ether oxygens (including phenoxy) is 1. The van der Waals surface area contributed by atoms with Gasteiger partial charge in [-0.25, -0.2) is 4.79 Å². The van der Waals surface area contributed by atoms with Gasteiger partial charge in [-0.05, 0) is 42.5 Å². The molecule has 2 aromatic rings. The number of esters is 1. The van der Waals surface area contributed by atoms with Gasteiger partial charge in [0.1, 0.15) is 0 Å². The van der Waals surface area contributed by atoms with Gasteiger partial charge in [0.25, 0.3) is 5.91 Å². The van der Waals surface area contributed by atoms with Crippen LogP contribution < -0.4 is 5.32 Å². The van der Waals surface area contributed by atoms with Gasteiger partial charge >= 0.3 is 5.97 Å². The Balaban J connectivity index is 1.59. The fraction of sp³-hybridized carbons (Fsp3) is 0.316. The Kier molecular flexibility index (Phi) is 5.68. The van der Waals surface area contributed by atoms with Gasteiger partial charge in [0, 0.05) is 24.0 Å². The lowest BCUT2D eigenvalue weighted by atomic mass is 10.2. The monoisotopic (exact) mass is 372 g/mol. The summed E-state index contributed by atoms with van der Waals surface area (Å²) < 4.78 is 5.19. The van der Waals surface area contributed by atoms with E-state index in [1.165, 1.54) is 13.0 Å². The maximum Gasteiger partial charge on any atom is 0.338 e.